The maximum atomic E-state index is 13.1. The van der Waals surface area contributed by atoms with Crippen LogP contribution in [0, 0.1) is 11.6 Å². The molecule has 0 unspecified atom stereocenters. The molecule has 0 spiro atoms. The number of H-pyrrole nitrogens is 1. The van der Waals surface area contributed by atoms with Crippen molar-refractivity contribution in [1.82, 2.24) is 10.2 Å². The van der Waals surface area contributed by atoms with E-state index in [-0.39, 0.29) is 5.56 Å². The fourth-order valence-corrected chi connectivity index (χ4v) is 1.94. The minimum absolute atomic E-state index is 0.0136. The van der Waals surface area contributed by atoms with Gasteiger partial charge in [0.05, 0.1) is 11.7 Å². The second kappa shape index (κ2) is 4.28. The predicted octanol–water partition coefficient (Wildman–Crippen LogP) is 3.07. The number of rotatable bonds is 2. The molecule has 0 aliphatic carbocycles. The number of hydrogen-bond donors (Lipinski definition) is 1. The second-order valence-electron chi connectivity index (χ2n) is 4.16. The third-order valence-electron chi connectivity index (χ3n) is 2.83. The molecule has 1 aromatic heterocycles. The summed E-state index contributed by atoms with van der Waals surface area (Å²) in [6, 6.07) is 7.69. The number of aromatic amines is 1. The summed E-state index contributed by atoms with van der Waals surface area (Å²) in [6.07, 6.45) is 1.58. The normalized spacial score (nSPS) is 10.8. The number of aromatic nitrogens is 2. The lowest BCUT2D eigenvalue weighted by atomic mass is 10.0. The van der Waals surface area contributed by atoms with Crippen LogP contribution in [0.2, 0.25) is 0 Å². The van der Waals surface area contributed by atoms with E-state index in [2.05, 4.69) is 10.2 Å². The molecule has 94 valence electrons. The second-order valence-corrected chi connectivity index (χ2v) is 4.16. The van der Waals surface area contributed by atoms with Crippen LogP contribution in [-0.2, 0) is 0 Å². The number of benzene rings is 2. The molecule has 0 radical (unpaired) electrons. The van der Waals surface area contributed by atoms with Gasteiger partial charge in [-0.3, -0.25) is 9.89 Å². The zero-order chi connectivity index (χ0) is 13.4. The van der Waals surface area contributed by atoms with Crippen LogP contribution in [0.5, 0.6) is 0 Å². The third-order valence-corrected chi connectivity index (χ3v) is 2.83. The number of hydrogen-bond acceptors (Lipinski definition) is 2. The molecule has 0 amide bonds. The molecule has 3 rings (SSSR count). The average Bonchev–Trinajstić information content (AvgIpc) is 2.83. The van der Waals surface area contributed by atoms with Gasteiger partial charge in [-0.15, -0.1) is 0 Å². The number of carbonyl (C=O) groups is 1. The zero-order valence-corrected chi connectivity index (χ0v) is 9.65. The first kappa shape index (κ1) is 11.5. The van der Waals surface area contributed by atoms with E-state index >= 15 is 0 Å². The summed E-state index contributed by atoms with van der Waals surface area (Å²) >= 11 is 0. The fourth-order valence-electron chi connectivity index (χ4n) is 1.94. The number of nitrogens with zero attached hydrogens (tertiary/aromatic N) is 1. The van der Waals surface area contributed by atoms with Crippen LogP contribution in [0.4, 0.5) is 8.78 Å². The summed E-state index contributed by atoms with van der Waals surface area (Å²) < 4.78 is 26.2. The first-order valence-corrected chi connectivity index (χ1v) is 5.57. The van der Waals surface area contributed by atoms with E-state index in [1.807, 2.05) is 0 Å². The molecule has 0 bridgehead atoms. The highest BCUT2D eigenvalue weighted by molar-refractivity contribution is 6.10. The van der Waals surface area contributed by atoms with E-state index in [0.29, 0.717) is 5.56 Å². The van der Waals surface area contributed by atoms with Gasteiger partial charge in [-0.1, -0.05) is 0 Å². The van der Waals surface area contributed by atoms with Crippen LogP contribution >= 0.6 is 0 Å². The van der Waals surface area contributed by atoms with Gasteiger partial charge in [0.25, 0.3) is 0 Å². The van der Waals surface area contributed by atoms with Crippen LogP contribution in [0.25, 0.3) is 10.9 Å². The van der Waals surface area contributed by atoms with E-state index in [1.54, 1.807) is 24.4 Å². The van der Waals surface area contributed by atoms with Gasteiger partial charge in [0.2, 0.25) is 0 Å². The first-order chi connectivity index (χ1) is 9.13. The van der Waals surface area contributed by atoms with Crippen LogP contribution in [0.15, 0.2) is 42.6 Å². The van der Waals surface area contributed by atoms with Crippen molar-refractivity contribution in [2.24, 2.45) is 0 Å². The minimum Gasteiger partial charge on any atom is -0.289 e. The molecule has 0 fully saturated rings. The van der Waals surface area contributed by atoms with Gasteiger partial charge in [0.1, 0.15) is 11.6 Å². The van der Waals surface area contributed by atoms with Crippen molar-refractivity contribution < 1.29 is 13.6 Å². The summed E-state index contributed by atoms with van der Waals surface area (Å²) in [7, 11) is 0. The molecule has 0 aliphatic rings. The van der Waals surface area contributed by atoms with Gasteiger partial charge >= 0.3 is 0 Å². The number of ketones is 1. The van der Waals surface area contributed by atoms with E-state index < -0.39 is 17.4 Å². The zero-order valence-electron chi connectivity index (χ0n) is 9.65. The van der Waals surface area contributed by atoms with Gasteiger partial charge < -0.3 is 0 Å². The summed E-state index contributed by atoms with van der Waals surface area (Å²) in [5.41, 5.74) is 1.14. The molecular formula is C14H8F2N2O. The van der Waals surface area contributed by atoms with Crippen molar-refractivity contribution in [2.75, 3.05) is 0 Å². The Morgan fingerprint density at radius 2 is 1.74 bits per heavy atom. The Labute approximate surface area is 106 Å². The highest BCUT2D eigenvalue weighted by atomic mass is 19.1. The summed E-state index contributed by atoms with van der Waals surface area (Å²) in [6.45, 7) is 0. The maximum absolute atomic E-state index is 13.1. The van der Waals surface area contributed by atoms with Gasteiger partial charge in [0, 0.05) is 22.6 Å². The fraction of sp³-hybridized carbons (Fsp3) is 0. The molecule has 0 aliphatic heterocycles. The van der Waals surface area contributed by atoms with Gasteiger partial charge in [-0.05, 0) is 30.3 Å². The maximum Gasteiger partial charge on any atom is 0.193 e. The molecule has 2 aromatic carbocycles. The quantitative estimate of drug-likeness (QED) is 0.718. The highest BCUT2D eigenvalue weighted by Crippen LogP contribution is 2.17. The number of fused-ring (bicyclic) bond motifs is 1. The lowest BCUT2D eigenvalue weighted by Crippen LogP contribution is -2.02. The summed E-state index contributed by atoms with van der Waals surface area (Å²) in [5, 5.41) is 7.38. The van der Waals surface area contributed by atoms with Crippen LogP contribution in [0.3, 0.4) is 0 Å². The van der Waals surface area contributed by atoms with Crippen molar-refractivity contribution in [1.29, 1.82) is 0 Å². The molecule has 1 heterocycles. The third kappa shape index (κ3) is 2.10. The van der Waals surface area contributed by atoms with Gasteiger partial charge in [0.15, 0.2) is 5.78 Å². The number of carbonyl (C=O) groups excluding carboxylic acids is 1. The smallest absolute Gasteiger partial charge is 0.193 e. The van der Waals surface area contributed by atoms with E-state index in [4.69, 9.17) is 0 Å². The lowest BCUT2D eigenvalue weighted by molar-refractivity contribution is 0.103. The van der Waals surface area contributed by atoms with Crippen molar-refractivity contribution in [3.63, 3.8) is 0 Å². The van der Waals surface area contributed by atoms with Crippen molar-refractivity contribution in [3.8, 4) is 0 Å². The lowest BCUT2D eigenvalue weighted by Gasteiger charge is -2.02. The molecule has 0 atom stereocenters. The Balaban J connectivity index is 2.07. The van der Waals surface area contributed by atoms with Crippen molar-refractivity contribution >= 4 is 16.7 Å². The Hall–Kier alpha value is -2.56. The molecule has 3 nitrogen and oxygen atoms in total. The first-order valence-electron chi connectivity index (χ1n) is 5.57. The van der Waals surface area contributed by atoms with Crippen molar-refractivity contribution in [2.45, 2.75) is 0 Å². The molecule has 1 N–H and O–H groups in total. The average molecular weight is 258 g/mol. The molecule has 5 heteroatoms. The minimum atomic E-state index is -0.771. The standard InChI is InChI=1S/C14H8F2N2O/c15-11-4-9(5-12(16)6-11)14(19)8-1-2-13-10(3-8)7-17-18-13/h1-7H,(H,17,18). The monoisotopic (exact) mass is 258 g/mol. The molecular weight excluding hydrogens is 250 g/mol. The molecule has 3 aromatic rings. The molecule has 0 saturated heterocycles. The topological polar surface area (TPSA) is 45.8 Å². The van der Waals surface area contributed by atoms with Gasteiger partial charge in [-0.25, -0.2) is 8.78 Å². The van der Waals surface area contributed by atoms with Crippen LogP contribution < -0.4 is 0 Å². The Morgan fingerprint density at radius 3 is 2.47 bits per heavy atom. The molecule has 0 saturated carbocycles. The SMILES string of the molecule is O=C(c1cc(F)cc(F)c1)c1ccc2[nH]ncc2c1. The van der Waals surface area contributed by atoms with Gasteiger partial charge in [-0.2, -0.15) is 5.10 Å². The summed E-state index contributed by atoms with van der Waals surface area (Å²) in [5.74, 6) is -1.97. The van der Waals surface area contributed by atoms with Crippen molar-refractivity contribution in [3.05, 3.63) is 65.4 Å². The van der Waals surface area contributed by atoms with Crippen LogP contribution in [0.1, 0.15) is 15.9 Å². The van der Waals surface area contributed by atoms with E-state index in [9.17, 15) is 13.6 Å². The number of nitrogens with one attached hydrogen (secondary N) is 1. The predicted molar refractivity (Wildman–Crippen MR) is 65.9 cm³/mol. The molecule has 19 heavy (non-hydrogen) atoms. The van der Waals surface area contributed by atoms with Crippen LogP contribution in [-0.4, -0.2) is 16.0 Å². The number of halogens is 2. The van der Waals surface area contributed by atoms with E-state index in [1.165, 1.54) is 0 Å². The van der Waals surface area contributed by atoms with E-state index in [0.717, 1.165) is 29.1 Å². The largest absolute Gasteiger partial charge is 0.289 e. The summed E-state index contributed by atoms with van der Waals surface area (Å²) in [4.78, 5) is 12.2. The Kier molecular flexibility index (Phi) is 2.59. The Bertz CT molecular complexity index is 760. The Morgan fingerprint density at radius 1 is 1.00 bits per heavy atom. The highest BCUT2D eigenvalue weighted by Gasteiger charge is 2.12.